The lowest BCUT2D eigenvalue weighted by Gasteiger charge is -2.26. The molecular formula is C9H12N2O2. The number of fused-ring (bicyclic) bond motifs is 1. The largest absolute Gasteiger partial charge is 0.374 e. The lowest BCUT2D eigenvalue weighted by molar-refractivity contribution is 0.0457. The monoisotopic (exact) mass is 180 g/mol. The molecule has 1 aliphatic carbocycles. The maximum atomic E-state index is 11.5. The fourth-order valence-corrected chi connectivity index (χ4v) is 1.62. The Labute approximate surface area is 77.2 Å². The molecule has 4 nitrogen and oxygen atoms in total. The zero-order chi connectivity index (χ0) is 9.26. The molecule has 2 rings (SSSR count). The summed E-state index contributed by atoms with van der Waals surface area (Å²) in [5.41, 5.74) is 0. The molecule has 0 aromatic carbocycles. The second-order valence-electron chi connectivity index (χ2n) is 3.27. The van der Waals surface area contributed by atoms with Gasteiger partial charge in [-0.15, -0.1) is 6.42 Å². The first-order valence-corrected chi connectivity index (χ1v) is 4.42. The summed E-state index contributed by atoms with van der Waals surface area (Å²) in [5.74, 6) is 2.38. The van der Waals surface area contributed by atoms with Crippen LogP contribution in [0.1, 0.15) is 6.42 Å². The van der Waals surface area contributed by atoms with Crippen LogP contribution in [0.25, 0.3) is 0 Å². The summed E-state index contributed by atoms with van der Waals surface area (Å²) in [5, 5.41) is 2.65. The number of morpholine rings is 1. The molecule has 2 amide bonds. The second-order valence-corrected chi connectivity index (χ2v) is 3.27. The number of urea groups is 1. The third kappa shape index (κ3) is 1.61. The van der Waals surface area contributed by atoms with Crippen LogP contribution in [0.15, 0.2) is 0 Å². The summed E-state index contributed by atoms with van der Waals surface area (Å²) in [4.78, 5) is 13.3. The van der Waals surface area contributed by atoms with Crippen LogP contribution in [0, 0.1) is 12.3 Å². The SMILES string of the molecule is C#CCNC(=O)N1CCOC2CC21. The van der Waals surface area contributed by atoms with Crippen molar-refractivity contribution in [3.05, 3.63) is 0 Å². The van der Waals surface area contributed by atoms with Crippen molar-refractivity contribution in [1.29, 1.82) is 0 Å². The summed E-state index contributed by atoms with van der Waals surface area (Å²) < 4.78 is 5.37. The molecule has 2 aliphatic rings. The minimum absolute atomic E-state index is 0.0613. The number of amides is 2. The first kappa shape index (κ1) is 8.39. The molecule has 2 atom stereocenters. The van der Waals surface area contributed by atoms with Gasteiger partial charge in [0.1, 0.15) is 0 Å². The molecule has 1 saturated heterocycles. The van der Waals surface area contributed by atoms with E-state index in [-0.39, 0.29) is 12.1 Å². The number of nitrogens with zero attached hydrogens (tertiary/aromatic N) is 1. The topological polar surface area (TPSA) is 41.6 Å². The molecule has 1 aliphatic heterocycles. The zero-order valence-electron chi connectivity index (χ0n) is 7.32. The fourth-order valence-electron chi connectivity index (χ4n) is 1.62. The molecule has 0 spiro atoms. The minimum Gasteiger partial charge on any atom is -0.374 e. The Morgan fingerprint density at radius 1 is 1.77 bits per heavy atom. The van der Waals surface area contributed by atoms with Crippen molar-refractivity contribution in [2.75, 3.05) is 19.7 Å². The predicted octanol–water partition coefficient (Wildman–Crippen LogP) is -0.198. The molecule has 0 radical (unpaired) electrons. The van der Waals surface area contributed by atoms with Gasteiger partial charge in [-0.1, -0.05) is 5.92 Å². The fraction of sp³-hybridized carbons (Fsp3) is 0.667. The van der Waals surface area contributed by atoms with Crippen LogP contribution in [0.4, 0.5) is 4.79 Å². The van der Waals surface area contributed by atoms with Crippen molar-refractivity contribution in [3.63, 3.8) is 0 Å². The number of carbonyl (C=O) groups is 1. The van der Waals surface area contributed by atoms with E-state index < -0.39 is 0 Å². The van der Waals surface area contributed by atoms with Gasteiger partial charge in [-0.2, -0.15) is 0 Å². The van der Waals surface area contributed by atoms with Gasteiger partial charge in [-0.05, 0) is 6.42 Å². The molecule has 2 unspecified atom stereocenters. The molecule has 0 bridgehead atoms. The summed E-state index contributed by atoms with van der Waals surface area (Å²) in [6, 6.07) is 0.236. The Bertz CT molecular complexity index is 259. The Balaban J connectivity index is 1.86. The quantitative estimate of drug-likeness (QED) is 0.568. The van der Waals surface area contributed by atoms with Gasteiger partial charge in [-0.3, -0.25) is 0 Å². The molecule has 1 heterocycles. The molecule has 1 N–H and O–H groups in total. The second kappa shape index (κ2) is 3.27. The Kier molecular flexibility index (Phi) is 2.11. The van der Waals surface area contributed by atoms with Crippen molar-refractivity contribution in [2.45, 2.75) is 18.6 Å². The number of nitrogens with one attached hydrogen (secondary N) is 1. The first-order chi connectivity index (χ1) is 6.33. The van der Waals surface area contributed by atoms with E-state index in [0.29, 0.717) is 25.7 Å². The smallest absolute Gasteiger partial charge is 0.318 e. The average molecular weight is 180 g/mol. The average Bonchev–Trinajstić information content (AvgIpc) is 2.92. The molecule has 1 saturated carbocycles. The molecule has 4 heteroatoms. The van der Waals surface area contributed by atoms with E-state index in [1.165, 1.54) is 0 Å². The minimum atomic E-state index is -0.0613. The van der Waals surface area contributed by atoms with Crippen LogP contribution >= 0.6 is 0 Å². The number of hydrogen-bond acceptors (Lipinski definition) is 2. The predicted molar refractivity (Wildman–Crippen MR) is 47.1 cm³/mol. The van der Waals surface area contributed by atoms with Gasteiger partial charge in [0.05, 0.1) is 25.3 Å². The van der Waals surface area contributed by atoms with E-state index in [9.17, 15) is 4.79 Å². The number of rotatable bonds is 1. The van der Waals surface area contributed by atoms with Crippen LogP contribution in [0.2, 0.25) is 0 Å². The highest BCUT2D eigenvalue weighted by Gasteiger charge is 2.47. The first-order valence-electron chi connectivity index (χ1n) is 4.42. The van der Waals surface area contributed by atoms with Crippen molar-refractivity contribution >= 4 is 6.03 Å². The van der Waals surface area contributed by atoms with E-state index in [2.05, 4.69) is 11.2 Å². The van der Waals surface area contributed by atoms with E-state index in [0.717, 1.165) is 6.42 Å². The number of ether oxygens (including phenoxy) is 1. The van der Waals surface area contributed by atoms with Gasteiger partial charge in [0, 0.05) is 6.54 Å². The van der Waals surface area contributed by atoms with Gasteiger partial charge >= 0.3 is 6.03 Å². The van der Waals surface area contributed by atoms with Crippen LogP contribution in [0.5, 0.6) is 0 Å². The van der Waals surface area contributed by atoms with Crippen LogP contribution in [-0.4, -0.2) is 42.8 Å². The van der Waals surface area contributed by atoms with E-state index in [1.807, 2.05) is 4.90 Å². The number of carbonyl (C=O) groups excluding carboxylic acids is 1. The Morgan fingerprint density at radius 3 is 3.38 bits per heavy atom. The van der Waals surface area contributed by atoms with Gasteiger partial charge in [0.15, 0.2) is 0 Å². The third-order valence-electron chi connectivity index (χ3n) is 2.37. The van der Waals surface area contributed by atoms with Gasteiger partial charge in [-0.25, -0.2) is 4.79 Å². The summed E-state index contributed by atoms with van der Waals surface area (Å²) in [6.07, 6.45) is 6.30. The van der Waals surface area contributed by atoms with E-state index >= 15 is 0 Å². The summed E-state index contributed by atoms with van der Waals surface area (Å²) in [6.45, 7) is 1.62. The van der Waals surface area contributed by atoms with Crippen LogP contribution in [-0.2, 0) is 4.74 Å². The van der Waals surface area contributed by atoms with Crippen LogP contribution < -0.4 is 5.32 Å². The van der Waals surface area contributed by atoms with E-state index in [4.69, 9.17) is 11.2 Å². The van der Waals surface area contributed by atoms with Crippen molar-refractivity contribution in [1.82, 2.24) is 10.2 Å². The molecule has 0 aromatic rings. The van der Waals surface area contributed by atoms with E-state index in [1.54, 1.807) is 0 Å². The van der Waals surface area contributed by atoms with Gasteiger partial charge in [0.2, 0.25) is 0 Å². The normalized spacial score (nSPS) is 30.2. The summed E-state index contributed by atoms with van der Waals surface area (Å²) >= 11 is 0. The van der Waals surface area contributed by atoms with Crippen molar-refractivity contribution < 1.29 is 9.53 Å². The highest BCUT2D eigenvalue weighted by atomic mass is 16.5. The standard InChI is InChI=1S/C9H12N2O2/c1-2-3-10-9(12)11-4-5-13-8-6-7(8)11/h1,7-8H,3-6H2,(H,10,12). The maximum absolute atomic E-state index is 11.5. The molecule has 70 valence electrons. The highest BCUT2D eigenvalue weighted by Crippen LogP contribution is 2.34. The molecule has 13 heavy (non-hydrogen) atoms. The zero-order valence-corrected chi connectivity index (χ0v) is 7.32. The Morgan fingerprint density at radius 2 is 2.62 bits per heavy atom. The maximum Gasteiger partial charge on any atom is 0.318 e. The lowest BCUT2D eigenvalue weighted by Crippen LogP contribution is -2.46. The molecule has 0 aromatic heterocycles. The van der Waals surface area contributed by atoms with Crippen molar-refractivity contribution in [2.24, 2.45) is 0 Å². The third-order valence-corrected chi connectivity index (χ3v) is 2.37. The molecule has 2 fully saturated rings. The highest BCUT2D eigenvalue weighted by molar-refractivity contribution is 5.75. The van der Waals surface area contributed by atoms with Crippen molar-refractivity contribution in [3.8, 4) is 12.3 Å². The lowest BCUT2D eigenvalue weighted by atomic mass is 10.4. The van der Waals surface area contributed by atoms with Gasteiger partial charge < -0.3 is 15.0 Å². The number of terminal acetylenes is 1. The number of hydrogen-bond donors (Lipinski definition) is 1. The van der Waals surface area contributed by atoms with Gasteiger partial charge in [0.25, 0.3) is 0 Å². The van der Waals surface area contributed by atoms with Crippen LogP contribution in [0.3, 0.4) is 0 Å². The Hall–Kier alpha value is -1.21. The molecular weight excluding hydrogens is 168 g/mol. The summed E-state index contributed by atoms with van der Waals surface area (Å²) in [7, 11) is 0.